The van der Waals surface area contributed by atoms with Crippen LogP contribution in [-0.4, -0.2) is 22.0 Å². The van der Waals surface area contributed by atoms with E-state index < -0.39 is 0 Å². The minimum atomic E-state index is 0.201. The Morgan fingerprint density at radius 3 is 2.86 bits per heavy atom. The molecule has 1 heterocycles. The minimum absolute atomic E-state index is 0.201. The van der Waals surface area contributed by atoms with E-state index in [9.17, 15) is 4.79 Å². The van der Waals surface area contributed by atoms with Crippen molar-refractivity contribution in [3.63, 3.8) is 0 Å². The molecule has 0 saturated heterocycles. The second-order valence-corrected chi connectivity index (χ2v) is 4.86. The van der Waals surface area contributed by atoms with E-state index >= 15 is 0 Å². The number of aromatic nitrogens is 2. The average molecular weight is 320 g/mol. The van der Waals surface area contributed by atoms with Crippen molar-refractivity contribution < 1.29 is 4.79 Å². The molecule has 74 valence electrons. The van der Waals surface area contributed by atoms with Gasteiger partial charge in [-0.05, 0) is 19.1 Å². The highest BCUT2D eigenvalue weighted by Crippen LogP contribution is 2.27. The summed E-state index contributed by atoms with van der Waals surface area (Å²) in [6, 6.07) is 0. The Bertz CT molecular complexity index is 377. The lowest BCUT2D eigenvalue weighted by Crippen LogP contribution is -2.16. The van der Waals surface area contributed by atoms with E-state index in [4.69, 9.17) is 0 Å². The first-order valence-electron chi connectivity index (χ1n) is 4.36. The Labute approximate surface area is 100 Å². The molecule has 0 fully saturated rings. The number of aryl methyl sites for hydroxylation is 1. The number of carbonyl (C=O) groups is 1. The Kier molecular flexibility index (Phi) is 3.06. The normalized spacial score (nSPS) is 15.4. The molecule has 0 N–H and O–H groups in total. The fraction of sp³-hybridized carbons (Fsp3) is 0.444. The van der Waals surface area contributed by atoms with Crippen LogP contribution >= 0.6 is 34.4 Å². The molecule has 0 radical (unpaired) electrons. The van der Waals surface area contributed by atoms with E-state index in [-0.39, 0.29) is 5.78 Å². The molecule has 0 unspecified atom stereocenters. The molecule has 0 spiro atoms. The first-order chi connectivity index (χ1) is 6.72. The number of halogens is 1. The summed E-state index contributed by atoms with van der Waals surface area (Å²) in [7, 11) is 0. The highest BCUT2D eigenvalue weighted by molar-refractivity contribution is 14.1. The molecule has 0 bridgehead atoms. The Hall–Kier alpha value is -0.170. The standard InChI is InChI=1S/C9H9IN2OS/c1-14-8-7-5(11-9(10)12-8)3-2-4-6(7)13/h2-4H2,1H3. The Balaban J connectivity index is 2.61. The topological polar surface area (TPSA) is 42.9 Å². The quantitative estimate of drug-likeness (QED) is 0.345. The van der Waals surface area contributed by atoms with Crippen molar-refractivity contribution in [2.24, 2.45) is 0 Å². The molecule has 1 aliphatic carbocycles. The van der Waals surface area contributed by atoms with Gasteiger partial charge < -0.3 is 0 Å². The summed E-state index contributed by atoms with van der Waals surface area (Å²) in [6.45, 7) is 0. The van der Waals surface area contributed by atoms with Crippen LogP contribution in [0.25, 0.3) is 0 Å². The minimum Gasteiger partial charge on any atom is -0.294 e. The van der Waals surface area contributed by atoms with E-state index in [0.29, 0.717) is 6.42 Å². The number of fused-ring (bicyclic) bond motifs is 1. The van der Waals surface area contributed by atoms with Crippen LogP contribution < -0.4 is 0 Å². The van der Waals surface area contributed by atoms with Gasteiger partial charge in [0.1, 0.15) is 5.03 Å². The largest absolute Gasteiger partial charge is 0.294 e. The molecular weight excluding hydrogens is 311 g/mol. The maximum absolute atomic E-state index is 11.7. The summed E-state index contributed by atoms with van der Waals surface area (Å²) in [5, 5.41) is 0.837. The molecule has 1 aromatic heterocycles. The molecule has 0 amide bonds. The van der Waals surface area contributed by atoms with Gasteiger partial charge in [0, 0.05) is 29.0 Å². The number of hydrogen-bond acceptors (Lipinski definition) is 4. The third kappa shape index (κ3) is 1.79. The van der Waals surface area contributed by atoms with Crippen molar-refractivity contribution in [3.05, 3.63) is 15.1 Å². The lowest BCUT2D eigenvalue weighted by Gasteiger charge is -2.15. The van der Waals surface area contributed by atoms with Crippen molar-refractivity contribution in [1.29, 1.82) is 0 Å². The number of Topliss-reactive ketones (excluding diaryl/α,β-unsaturated/α-hetero) is 1. The maximum atomic E-state index is 11.7. The molecule has 2 rings (SSSR count). The number of ketones is 1. The van der Waals surface area contributed by atoms with Gasteiger partial charge in [-0.3, -0.25) is 4.79 Å². The molecule has 5 heteroatoms. The van der Waals surface area contributed by atoms with Gasteiger partial charge >= 0.3 is 0 Å². The molecule has 0 aromatic carbocycles. The lowest BCUT2D eigenvalue weighted by atomic mass is 9.96. The van der Waals surface area contributed by atoms with Crippen molar-refractivity contribution in [2.45, 2.75) is 24.3 Å². The predicted octanol–water partition coefficient (Wildman–Crippen LogP) is 2.32. The van der Waals surface area contributed by atoms with Crippen LogP contribution in [0.1, 0.15) is 28.9 Å². The van der Waals surface area contributed by atoms with E-state index in [1.54, 1.807) is 0 Å². The molecular formula is C9H9IN2OS. The SMILES string of the molecule is CSc1nc(I)nc2c1C(=O)CCC2. The fourth-order valence-electron chi connectivity index (χ4n) is 1.61. The third-order valence-corrected chi connectivity index (χ3v) is 3.38. The lowest BCUT2D eigenvalue weighted by molar-refractivity contribution is 0.0967. The number of thioether (sulfide) groups is 1. The van der Waals surface area contributed by atoms with Crippen LogP contribution in [0, 0.1) is 3.83 Å². The zero-order chi connectivity index (χ0) is 10.1. The molecule has 0 saturated carbocycles. The number of rotatable bonds is 1. The van der Waals surface area contributed by atoms with Gasteiger partial charge in [0.15, 0.2) is 9.61 Å². The monoisotopic (exact) mass is 320 g/mol. The van der Waals surface area contributed by atoms with Crippen LogP contribution in [0.5, 0.6) is 0 Å². The molecule has 3 nitrogen and oxygen atoms in total. The van der Waals surface area contributed by atoms with Gasteiger partial charge in [-0.1, -0.05) is 0 Å². The van der Waals surface area contributed by atoms with E-state index in [1.807, 2.05) is 6.26 Å². The van der Waals surface area contributed by atoms with Crippen LogP contribution in [0.2, 0.25) is 0 Å². The second-order valence-electron chi connectivity index (χ2n) is 3.10. The van der Waals surface area contributed by atoms with Crippen molar-refractivity contribution in [1.82, 2.24) is 9.97 Å². The first kappa shape index (κ1) is 10.4. The highest BCUT2D eigenvalue weighted by atomic mass is 127. The molecule has 0 atom stereocenters. The zero-order valence-electron chi connectivity index (χ0n) is 7.71. The third-order valence-electron chi connectivity index (χ3n) is 2.21. The van der Waals surface area contributed by atoms with Crippen LogP contribution in [0.4, 0.5) is 0 Å². The first-order valence-corrected chi connectivity index (χ1v) is 6.66. The van der Waals surface area contributed by atoms with Crippen molar-refractivity contribution in [2.75, 3.05) is 6.26 Å². The van der Waals surface area contributed by atoms with E-state index in [1.165, 1.54) is 11.8 Å². The number of hydrogen-bond donors (Lipinski definition) is 0. The van der Waals surface area contributed by atoms with Gasteiger partial charge in [-0.15, -0.1) is 11.8 Å². The highest BCUT2D eigenvalue weighted by Gasteiger charge is 2.23. The maximum Gasteiger partial charge on any atom is 0.192 e. The molecule has 14 heavy (non-hydrogen) atoms. The summed E-state index contributed by atoms with van der Waals surface area (Å²) in [4.78, 5) is 20.3. The Morgan fingerprint density at radius 1 is 1.36 bits per heavy atom. The smallest absolute Gasteiger partial charge is 0.192 e. The molecule has 1 aliphatic rings. The van der Waals surface area contributed by atoms with Crippen molar-refractivity contribution in [3.8, 4) is 0 Å². The average Bonchev–Trinajstić information content (AvgIpc) is 2.16. The summed E-state index contributed by atoms with van der Waals surface area (Å²) in [5.74, 6) is 0.201. The summed E-state index contributed by atoms with van der Waals surface area (Å²) in [5.41, 5.74) is 1.70. The summed E-state index contributed by atoms with van der Waals surface area (Å²) < 4.78 is 0.736. The van der Waals surface area contributed by atoms with Crippen LogP contribution in [0.3, 0.4) is 0 Å². The zero-order valence-corrected chi connectivity index (χ0v) is 10.7. The molecule has 0 aliphatic heterocycles. The Morgan fingerprint density at radius 2 is 2.14 bits per heavy atom. The van der Waals surface area contributed by atoms with Gasteiger partial charge in [-0.25, -0.2) is 9.97 Å². The van der Waals surface area contributed by atoms with Gasteiger partial charge in [0.25, 0.3) is 0 Å². The van der Waals surface area contributed by atoms with Crippen LogP contribution in [-0.2, 0) is 6.42 Å². The van der Waals surface area contributed by atoms with Crippen LogP contribution in [0.15, 0.2) is 5.03 Å². The predicted molar refractivity (Wildman–Crippen MR) is 63.8 cm³/mol. The van der Waals surface area contributed by atoms with E-state index in [0.717, 1.165) is 33.0 Å². The second kappa shape index (κ2) is 4.14. The summed E-state index contributed by atoms with van der Waals surface area (Å²) in [6.07, 6.45) is 4.42. The van der Waals surface area contributed by atoms with Gasteiger partial charge in [0.2, 0.25) is 0 Å². The number of nitrogens with zero attached hydrogens (tertiary/aromatic N) is 2. The van der Waals surface area contributed by atoms with E-state index in [2.05, 4.69) is 32.6 Å². The van der Waals surface area contributed by atoms with Crippen molar-refractivity contribution >= 4 is 40.1 Å². The van der Waals surface area contributed by atoms with Gasteiger partial charge in [0.05, 0.1) is 11.3 Å². The summed E-state index contributed by atoms with van der Waals surface area (Å²) >= 11 is 3.62. The number of carbonyl (C=O) groups excluding carboxylic acids is 1. The molecule has 1 aromatic rings. The van der Waals surface area contributed by atoms with Gasteiger partial charge in [-0.2, -0.15) is 0 Å². The fourth-order valence-corrected chi connectivity index (χ4v) is 2.92.